The van der Waals surface area contributed by atoms with Crippen molar-refractivity contribution >= 4 is 17.2 Å². The summed E-state index contributed by atoms with van der Waals surface area (Å²) in [5.41, 5.74) is 1.71. The molecule has 2 aromatic rings. The van der Waals surface area contributed by atoms with Crippen molar-refractivity contribution in [2.45, 2.75) is 27.2 Å². The van der Waals surface area contributed by atoms with Crippen LogP contribution in [0.2, 0.25) is 0 Å². The summed E-state index contributed by atoms with van der Waals surface area (Å²) in [5.74, 6) is 0.452. The number of hydrogen-bond acceptors (Lipinski definition) is 4. The molecule has 0 aliphatic heterocycles. The first-order valence-electron chi connectivity index (χ1n) is 6.27. The molecule has 4 heteroatoms. The molecule has 0 unspecified atom stereocenters. The first kappa shape index (κ1) is 13.3. The lowest BCUT2D eigenvalue weighted by Crippen LogP contribution is -2.07. The fourth-order valence-electron chi connectivity index (χ4n) is 1.85. The molecule has 0 aliphatic rings. The van der Waals surface area contributed by atoms with Crippen LogP contribution in [0.5, 0.6) is 0 Å². The summed E-state index contributed by atoms with van der Waals surface area (Å²) in [7, 11) is 0. The molecule has 0 fully saturated rings. The van der Waals surface area contributed by atoms with Gasteiger partial charge in [-0.05, 0) is 30.5 Å². The van der Waals surface area contributed by atoms with E-state index in [2.05, 4.69) is 4.98 Å². The molecule has 19 heavy (non-hydrogen) atoms. The van der Waals surface area contributed by atoms with Crippen LogP contribution in [0, 0.1) is 12.8 Å². The number of fused-ring (bicyclic) bond motifs is 1. The zero-order valence-electron chi connectivity index (χ0n) is 11.3. The van der Waals surface area contributed by atoms with Crippen LogP contribution < -0.4 is 5.63 Å². The van der Waals surface area contributed by atoms with Gasteiger partial charge < -0.3 is 9.52 Å². The topological polar surface area (TPSA) is 63.3 Å². The lowest BCUT2D eigenvalue weighted by atomic mass is 10.1. The van der Waals surface area contributed by atoms with Crippen molar-refractivity contribution in [1.82, 2.24) is 4.98 Å². The molecule has 0 saturated heterocycles. The lowest BCUT2D eigenvalue weighted by molar-refractivity contribution is 0.370. The fraction of sp³-hybridized carbons (Fsp3) is 0.333. The van der Waals surface area contributed by atoms with Crippen LogP contribution in [-0.4, -0.2) is 10.1 Å². The third kappa shape index (κ3) is 3.22. The fourth-order valence-corrected chi connectivity index (χ4v) is 1.85. The summed E-state index contributed by atoms with van der Waals surface area (Å²) in [6.45, 7) is 5.92. The zero-order chi connectivity index (χ0) is 14.0. The van der Waals surface area contributed by atoms with Crippen molar-refractivity contribution in [2.75, 3.05) is 0 Å². The maximum Gasteiger partial charge on any atom is 0.362 e. The van der Waals surface area contributed by atoms with E-state index >= 15 is 0 Å². The highest BCUT2D eigenvalue weighted by Gasteiger charge is 2.07. The minimum atomic E-state index is -0.536. The Labute approximate surface area is 111 Å². The maximum absolute atomic E-state index is 11.8. The Morgan fingerprint density at radius 3 is 2.89 bits per heavy atom. The molecule has 4 nitrogen and oxygen atoms in total. The van der Waals surface area contributed by atoms with E-state index in [0.29, 0.717) is 23.4 Å². The molecule has 1 heterocycles. The number of aliphatic hydroxyl groups excluding tert-OH is 1. The van der Waals surface area contributed by atoms with Crippen LogP contribution in [0.1, 0.15) is 31.5 Å². The summed E-state index contributed by atoms with van der Waals surface area (Å²) >= 11 is 0. The van der Waals surface area contributed by atoms with E-state index in [0.717, 1.165) is 5.56 Å². The number of nitrogens with zero attached hydrogens (tertiary/aromatic N) is 1. The first-order valence-corrected chi connectivity index (χ1v) is 6.27. The second kappa shape index (κ2) is 5.26. The Kier molecular flexibility index (Phi) is 3.69. The first-order chi connectivity index (χ1) is 8.95. The largest absolute Gasteiger partial charge is 0.512 e. The monoisotopic (exact) mass is 259 g/mol. The highest BCUT2D eigenvalue weighted by Crippen LogP contribution is 2.14. The number of allylic oxidation sites excluding steroid dienone is 1. The van der Waals surface area contributed by atoms with Gasteiger partial charge in [0.15, 0.2) is 11.3 Å². The minimum absolute atomic E-state index is 0.135. The standard InChI is InChI=1S/C15H17NO3/c1-9(2)6-11(17)8-13-15(18)19-14-5-4-10(3)7-12(14)16-13/h4-5,7-9,17H,6H2,1-3H3. The number of benzene rings is 1. The van der Waals surface area contributed by atoms with Crippen molar-refractivity contribution in [2.24, 2.45) is 5.92 Å². The van der Waals surface area contributed by atoms with E-state index in [1.807, 2.05) is 32.9 Å². The molecular weight excluding hydrogens is 242 g/mol. The van der Waals surface area contributed by atoms with Crippen LogP contribution in [0.25, 0.3) is 17.2 Å². The van der Waals surface area contributed by atoms with E-state index in [1.165, 1.54) is 6.08 Å². The van der Waals surface area contributed by atoms with Crippen molar-refractivity contribution in [1.29, 1.82) is 0 Å². The van der Waals surface area contributed by atoms with Crippen molar-refractivity contribution in [3.8, 4) is 0 Å². The average molecular weight is 259 g/mol. The summed E-state index contributed by atoms with van der Waals surface area (Å²) in [6.07, 6.45) is 1.89. The number of aliphatic hydroxyl groups is 1. The van der Waals surface area contributed by atoms with E-state index in [-0.39, 0.29) is 11.5 Å². The van der Waals surface area contributed by atoms with Crippen molar-refractivity contribution < 1.29 is 9.52 Å². The number of aryl methyl sites for hydroxylation is 1. The Hall–Kier alpha value is -2.10. The number of rotatable bonds is 3. The Morgan fingerprint density at radius 1 is 1.47 bits per heavy atom. The van der Waals surface area contributed by atoms with Crippen LogP contribution >= 0.6 is 0 Å². The van der Waals surface area contributed by atoms with E-state index in [1.54, 1.807) is 6.07 Å². The molecule has 1 aromatic carbocycles. The average Bonchev–Trinajstić information content (AvgIpc) is 2.29. The quantitative estimate of drug-likeness (QED) is 0.857. The zero-order valence-corrected chi connectivity index (χ0v) is 11.3. The molecule has 0 amide bonds. The summed E-state index contributed by atoms with van der Waals surface area (Å²) in [4.78, 5) is 16.0. The van der Waals surface area contributed by atoms with Gasteiger partial charge in [0.25, 0.3) is 0 Å². The normalized spacial score (nSPS) is 12.3. The molecule has 0 saturated carbocycles. The van der Waals surface area contributed by atoms with Crippen LogP contribution in [0.15, 0.2) is 33.2 Å². The van der Waals surface area contributed by atoms with Crippen molar-refractivity contribution in [3.63, 3.8) is 0 Å². The predicted molar refractivity (Wildman–Crippen MR) is 75.1 cm³/mol. The lowest BCUT2D eigenvalue weighted by Gasteiger charge is -2.03. The van der Waals surface area contributed by atoms with Crippen LogP contribution in [-0.2, 0) is 0 Å². The van der Waals surface area contributed by atoms with Crippen molar-refractivity contribution in [3.05, 3.63) is 45.6 Å². The van der Waals surface area contributed by atoms with Gasteiger partial charge in [0.1, 0.15) is 5.52 Å². The molecule has 1 N–H and O–H groups in total. The predicted octanol–water partition coefficient (Wildman–Crippen LogP) is 3.44. The van der Waals surface area contributed by atoms with Crippen LogP contribution in [0.3, 0.4) is 0 Å². The van der Waals surface area contributed by atoms with Gasteiger partial charge in [0.05, 0.1) is 5.76 Å². The van der Waals surface area contributed by atoms with E-state index in [4.69, 9.17) is 4.42 Å². The molecule has 0 spiro atoms. The molecule has 0 aliphatic carbocycles. The molecule has 100 valence electrons. The second-order valence-corrected chi connectivity index (χ2v) is 5.09. The molecule has 0 bridgehead atoms. The Morgan fingerprint density at radius 2 is 2.21 bits per heavy atom. The maximum atomic E-state index is 11.8. The van der Waals surface area contributed by atoms with Gasteiger partial charge >= 0.3 is 5.63 Å². The van der Waals surface area contributed by atoms with Gasteiger partial charge in [0, 0.05) is 12.5 Å². The summed E-state index contributed by atoms with van der Waals surface area (Å²) in [6, 6.07) is 5.42. The van der Waals surface area contributed by atoms with E-state index in [9.17, 15) is 9.90 Å². The smallest absolute Gasteiger partial charge is 0.362 e. The van der Waals surface area contributed by atoms with Gasteiger partial charge in [-0.15, -0.1) is 0 Å². The SMILES string of the molecule is Cc1ccc2oc(=O)c(C=C(O)CC(C)C)nc2c1. The highest BCUT2D eigenvalue weighted by molar-refractivity contribution is 5.73. The molecule has 1 aromatic heterocycles. The highest BCUT2D eigenvalue weighted by atomic mass is 16.4. The van der Waals surface area contributed by atoms with Gasteiger partial charge in [-0.2, -0.15) is 0 Å². The van der Waals surface area contributed by atoms with Gasteiger partial charge in [-0.25, -0.2) is 9.78 Å². The Balaban J connectivity index is 2.49. The van der Waals surface area contributed by atoms with Gasteiger partial charge in [0.2, 0.25) is 0 Å². The number of hydrogen-bond donors (Lipinski definition) is 1. The van der Waals surface area contributed by atoms with Crippen LogP contribution in [0.4, 0.5) is 0 Å². The second-order valence-electron chi connectivity index (χ2n) is 5.09. The summed E-state index contributed by atoms with van der Waals surface area (Å²) < 4.78 is 5.18. The van der Waals surface area contributed by atoms with E-state index < -0.39 is 5.63 Å². The number of aromatic nitrogens is 1. The molecule has 0 radical (unpaired) electrons. The minimum Gasteiger partial charge on any atom is -0.512 e. The molecular formula is C15H17NO3. The van der Waals surface area contributed by atoms with Gasteiger partial charge in [-0.3, -0.25) is 0 Å². The molecule has 2 rings (SSSR count). The Bertz CT molecular complexity index is 683. The third-order valence-corrected chi connectivity index (χ3v) is 2.69. The molecule has 0 atom stereocenters. The summed E-state index contributed by atoms with van der Waals surface area (Å²) in [5, 5.41) is 9.76. The third-order valence-electron chi connectivity index (χ3n) is 2.69. The van der Waals surface area contributed by atoms with Gasteiger partial charge in [-0.1, -0.05) is 19.9 Å².